The molecule has 0 aliphatic carbocycles. The van der Waals surface area contributed by atoms with E-state index in [0.717, 1.165) is 29.1 Å². The van der Waals surface area contributed by atoms with Crippen molar-refractivity contribution in [1.82, 2.24) is 25.0 Å². The molecule has 2 heterocycles. The maximum Gasteiger partial charge on any atom is 0.573 e. The van der Waals surface area contributed by atoms with E-state index < -0.39 is 12.3 Å². The van der Waals surface area contributed by atoms with Crippen molar-refractivity contribution in [3.63, 3.8) is 0 Å². The first kappa shape index (κ1) is 26.4. The van der Waals surface area contributed by atoms with Gasteiger partial charge in [0, 0.05) is 27.9 Å². The van der Waals surface area contributed by atoms with Crippen LogP contribution in [0.4, 0.5) is 18.9 Å². The first-order chi connectivity index (χ1) is 17.5. The number of hydrogen-bond acceptors (Lipinski definition) is 7. The summed E-state index contributed by atoms with van der Waals surface area (Å²) >= 11 is 7.44. The monoisotopic (exact) mass is 548 g/mol. The zero-order valence-electron chi connectivity index (χ0n) is 19.8. The zero-order valence-corrected chi connectivity index (χ0v) is 21.4. The maximum absolute atomic E-state index is 13.2. The second-order valence-electron chi connectivity index (χ2n) is 7.98. The summed E-state index contributed by atoms with van der Waals surface area (Å²) in [4.78, 5) is 22.0. The summed E-state index contributed by atoms with van der Waals surface area (Å²) in [6.07, 6.45) is -4.81. The second kappa shape index (κ2) is 10.8. The molecule has 2 aromatic carbocycles. The van der Waals surface area contributed by atoms with Crippen molar-refractivity contribution < 1.29 is 22.7 Å². The van der Waals surface area contributed by atoms with Crippen molar-refractivity contribution in [1.29, 1.82) is 0 Å². The van der Waals surface area contributed by atoms with E-state index in [1.807, 2.05) is 26.8 Å². The SMILES string of the molecule is Cc1cc(C)nc(SCc2c(C(=O)Nc3ccc(C)c(Cl)c3)nnn2-c2ccc(OC(F)(F)F)cc2)n1. The smallest absolute Gasteiger partial charge is 0.406 e. The van der Waals surface area contributed by atoms with E-state index in [1.54, 1.807) is 18.2 Å². The minimum atomic E-state index is -4.81. The fourth-order valence-corrected chi connectivity index (χ4v) is 4.48. The Hall–Kier alpha value is -3.64. The Balaban J connectivity index is 1.66. The van der Waals surface area contributed by atoms with Gasteiger partial charge in [0.2, 0.25) is 0 Å². The van der Waals surface area contributed by atoms with Gasteiger partial charge < -0.3 is 10.1 Å². The lowest BCUT2D eigenvalue weighted by Crippen LogP contribution is -2.17. The summed E-state index contributed by atoms with van der Waals surface area (Å²) in [6.45, 7) is 5.54. The number of halogens is 4. The molecule has 0 saturated heterocycles. The molecule has 0 unspecified atom stereocenters. The molecule has 1 amide bonds. The topological polar surface area (TPSA) is 94.8 Å². The van der Waals surface area contributed by atoms with Crippen molar-refractivity contribution in [2.75, 3.05) is 5.32 Å². The third kappa shape index (κ3) is 6.77. The normalized spacial score (nSPS) is 11.4. The molecule has 0 fully saturated rings. The number of aromatic nitrogens is 5. The molecule has 0 atom stereocenters. The van der Waals surface area contributed by atoms with Crippen LogP contribution >= 0.6 is 23.4 Å². The first-order valence-electron chi connectivity index (χ1n) is 10.8. The number of nitrogens with one attached hydrogen (secondary N) is 1. The van der Waals surface area contributed by atoms with Gasteiger partial charge in [-0.2, -0.15) is 0 Å². The highest BCUT2D eigenvalue weighted by Crippen LogP contribution is 2.27. The molecule has 0 saturated carbocycles. The molecular weight excluding hydrogens is 529 g/mol. The minimum Gasteiger partial charge on any atom is -0.406 e. The molecule has 0 aliphatic rings. The predicted octanol–water partition coefficient (Wildman–Crippen LogP) is 6.08. The van der Waals surface area contributed by atoms with Gasteiger partial charge in [0.25, 0.3) is 5.91 Å². The average molecular weight is 549 g/mol. The Labute approximate surface area is 219 Å². The molecule has 4 rings (SSSR count). The predicted molar refractivity (Wildman–Crippen MR) is 133 cm³/mol. The standard InChI is InChI=1S/C24H20ClF3N6O2S/c1-13-4-5-16(11-19(13)25)31-22(35)21-20(12-37-23-29-14(2)10-15(3)30-23)34(33-32-21)17-6-8-18(9-7-17)36-24(26,27)28/h4-11H,12H2,1-3H3,(H,31,35). The summed E-state index contributed by atoms with van der Waals surface area (Å²) in [5.74, 6) is -0.709. The number of carbonyl (C=O) groups excluding carboxylic acids is 1. The van der Waals surface area contributed by atoms with E-state index in [-0.39, 0.29) is 17.2 Å². The van der Waals surface area contributed by atoms with Gasteiger partial charge >= 0.3 is 6.36 Å². The lowest BCUT2D eigenvalue weighted by molar-refractivity contribution is -0.274. The fourth-order valence-electron chi connectivity index (χ4n) is 3.36. The van der Waals surface area contributed by atoms with E-state index in [0.29, 0.717) is 27.2 Å². The molecule has 0 radical (unpaired) electrons. The number of carbonyl (C=O) groups is 1. The van der Waals surface area contributed by atoms with Crippen molar-refractivity contribution in [3.8, 4) is 11.4 Å². The Morgan fingerprint density at radius 3 is 2.35 bits per heavy atom. The quantitative estimate of drug-likeness (QED) is 0.221. The van der Waals surface area contributed by atoms with Gasteiger partial charge in [-0.3, -0.25) is 4.79 Å². The van der Waals surface area contributed by atoms with Crippen molar-refractivity contribution in [2.24, 2.45) is 0 Å². The third-order valence-corrected chi connectivity index (χ3v) is 6.29. The Morgan fingerprint density at radius 1 is 1.05 bits per heavy atom. The summed E-state index contributed by atoms with van der Waals surface area (Å²) in [7, 11) is 0. The highest BCUT2D eigenvalue weighted by Gasteiger charge is 2.31. The van der Waals surface area contributed by atoms with Gasteiger partial charge in [-0.1, -0.05) is 34.6 Å². The minimum absolute atomic E-state index is 0.0317. The highest BCUT2D eigenvalue weighted by atomic mass is 35.5. The van der Waals surface area contributed by atoms with Crippen molar-refractivity contribution in [3.05, 3.63) is 81.9 Å². The van der Waals surface area contributed by atoms with Gasteiger partial charge in [-0.05, 0) is 68.8 Å². The summed E-state index contributed by atoms with van der Waals surface area (Å²) in [6, 6.07) is 12.0. The van der Waals surface area contributed by atoms with Gasteiger partial charge in [0.05, 0.1) is 11.4 Å². The number of rotatable bonds is 7. The third-order valence-electron chi connectivity index (χ3n) is 5.02. The van der Waals surface area contributed by atoms with E-state index >= 15 is 0 Å². The molecule has 0 aliphatic heterocycles. The number of anilines is 1. The first-order valence-corrected chi connectivity index (χ1v) is 12.2. The summed E-state index contributed by atoms with van der Waals surface area (Å²) in [5.41, 5.74) is 3.72. The number of nitrogens with zero attached hydrogens (tertiary/aromatic N) is 5. The van der Waals surface area contributed by atoms with Crippen LogP contribution in [0, 0.1) is 20.8 Å². The van der Waals surface area contributed by atoms with Crippen molar-refractivity contribution in [2.45, 2.75) is 38.0 Å². The molecule has 37 heavy (non-hydrogen) atoms. The lowest BCUT2D eigenvalue weighted by atomic mass is 10.2. The number of ether oxygens (including phenoxy) is 1. The van der Waals surface area contributed by atoms with Gasteiger partial charge in [0.15, 0.2) is 10.9 Å². The van der Waals surface area contributed by atoms with Crippen LogP contribution in [0.3, 0.4) is 0 Å². The molecule has 192 valence electrons. The molecule has 1 N–H and O–H groups in total. The second-order valence-corrected chi connectivity index (χ2v) is 9.33. The largest absolute Gasteiger partial charge is 0.573 e. The zero-order chi connectivity index (χ0) is 26.7. The van der Waals surface area contributed by atoms with Crippen LogP contribution in [0.5, 0.6) is 5.75 Å². The lowest BCUT2D eigenvalue weighted by Gasteiger charge is -2.11. The number of amides is 1. The van der Waals surface area contributed by atoms with Crippen LogP contribution < -0.4 is 10.1 Å². The van der Waals surface area contributed by atoms with E-state index in [4.69, 9.17) is 11.6 Å². The van der Waals surface area contributed by atoms with Crippen LogP contribution in [0.1, 0.15) is 33.1 Å². The molecule has 4 aromatic rings. The number of thioether (sulfide) groups is 1. The van der Waals surface area contributed by atoms with E-state index in [2.05, 4.69) is 30.3 Å². The van der Waals surface area contributed by atoms with Crippen LogP contribution in [0.2, 0.25) is 5.02 Å². The van der Waals surface area contributed by atoms with Crippen LogP contribution in [0.25, 0.3) is 5.69 Å². The Kier molecular flexibility index (Phi) is 7.69. The molecule has 0 spiro atoms. The number of benzene rings is 2. The molecule has 8 nitrogen and oxygen atoms in total. The molecule has 2 aromatic heterocycles. The Morgan fingerprint density at radius 2 is 1.73 bits per heavy atom. The number of alkyl halides is 3. The van der Waals surface area contributed by atoms with Crippen LogP contribution in [-0.2, 0) is 5.75 Å². The number of aryl methyl sites for hydroxylation is 3. The summed E-state index contributed by atoms with van der Waals surface area (Å²) < 4.78 is 43.0. The van der Waals surface area contributed by atoms with E-state index in [9.17, 15) is 18.0 Å². The van der Waals surface area contributed by atoms with E-state index in [1.165, 1.54) is 28.6 Å². The summed E-state index contributed by atoms with van der Waals surface area (Å²) in [5, 5.41) is 11.9. The Bertz CT molecular complexity index is 1420. The van der Waals surface area contributed by atoms with Crippen LogP contribution in [0.15, 0.2) is 53.7 Å². The highest BCUT2D eigenvalue weighted by molar-refractivity contribution is 7.98. The van der Waals surface area contributed by atoms with Crippen molar-refractivity contribution >= 4 is 35.0 Å². The van der Waals surface area contributed by atoms with Crippen LogP contribution in [-0.4, -0.2) is 37.2 Å². The van der Waals surface area contributed by atoms with Gasteiger partial charge in [-0.15, -0.1) is 18.3 Å². The fraction of sp³-hybridized carbons (Fsp3) is 0.208. The molecular formula is C24H20ClF3N6O2S. The number of hydrogen-bond donors (Lipinski definition) is 1. The van der Waals surface area contributed by atoms with Gasteiger partial charge in [-0.25, -0.2) is 14.6 Å². The van der Waals surface area contributed by atoms with Gasteiger partial charge in [0.1, 0.15) is 5.75 Å². The maximum atomic E-state index is 13.2. The molecule has 13 heteroatoms. The molecule has 0 bridgehead atoms. The average Bonchev–Trinajstić information content (AvgIpc) is 3.23.